The summed E-state index contributed by atoms with van der Waals surface area (Å²) < 4.78 is 0. The van der Waals surface area contributed by atoms with Gasteiger partial charge in [-0.1, -0.05) is 60.7 Å². The third-order valence-electron chi connectivity index (χ3n) is 5.63. The number of benzene rings is 2. The molecule has 1 amide bonds. The highest BCUT2D eigenvalue weighted by molar-refractivity contribution is 5.87. The van der Waals surface area contributed by atoms with Gasteiger partial charge in [0.2, 0.25) is 0 Å². The molecular formula is C22H23NO3. The lowest BCUT2D eigenvalue weighted by molar-refractivity contribution is -0.249. The first-order valence-electron chi connectivity index (χ1n) is 9.22. The van der Waals surface area contributed by atoms with E-state index < -0.39 is 0 Å². The van der Waals surface area contributed by atoms with E-state index in [0.717, 1.165) is 11.1 Å². The molecule has 4 heteroatoms. The van der Waals surface area contributed by atoms with Gasteiger partial charge < -0.3 is 0 Å². The quantitative estimate of drug-likeness (QED) is 0.848. The van der Waals surface area contributed by atoms with Crippen molar-refractivity contribution in [3.8, 4) is 0 Å². The van der Waals surface area contributed by atoms with E-state index in [1.807, 2.05) is 67.6 Å². The number of hydrogen-bond donors (Lipinski definition) is 0. The van der Waals surface area contributed by atoms with Crippen molar-refractivity contribution in [3.05, 3.63) is 71.8 Å². The van der Waals surface area contributed by atoms with E-state index in [-0.39, 0.29) is 35.5 Å². The lowest BCUT2D eigenvalue weighted by Crippen LogP contribution is -2.54. The average molecular weight is 349 g/mol. The molecule has 4 nitrogen and oxygen atoms in total. The first kappa shape index (κ1) is 17.0. The lowest BCUT2D eigenvalue weighted by Gasteiger charge is -2.46. The number of Topliss-reactive ketones (excluding diaryl/α,β-unsaturated/α-hetero) is 1. The monoisotopic (exact) mass is 349 g/mol. The smallest absolute Gasteiger partial charge is 0.250 e. The summed E-state index contributed by atoms with van der Waals surface area (Å²) in [5.41, 5.74) is 2.10. The number of nitrogens with zero attached hydrogens (tertiary/aromatic N) is 1. The Morgan fingerprint density at radius 1 is 0.962 bits per heavy atom. The van der Waals surface area contributed by atoms with Crippen molar-refractivity contribution in [3.63, 3.8) is 0 Å². The second-order valence-corrected chi connectivity index (χ2v) is 7.32. The molecule has 0 spiro atoms. The molecule has 1 heterocycles. The Kier molecular flexibility index (Phi) is 4.60. The SMILES string of the molecule is C[C@@H]1ON(Cc2ccccc2)C(=O)[C@@H]2[C@H]1CC(=O)C[C@H]2c1ccccc1. The van der Waals surface area contributed by atoms with Gasteiger partial charge in [-0.25, -0.2) is 5.06 Å². The van der Waals surface area contributed by atoms with Crippen LogP contribution in [0.3, 0.4) is 0 Å². The van der Waals surface area contributed by atoms with Crippen LogP contribution in [0.4, 0.5) is 0 Å². The Balaban J connectivity index is 1.64. The van der Waals surface area contributed by atoms with E-state index >= 15 is 0 Å². The largest absolute Gasteiger partial charge is 0.300 e. The topological polar surface area (TPSA) is 46.6 Å². The summed E-state index contributed by atoms with van der Waals surface area (Å²) >= 11 is 0. The van der Waals surface area contributed by atoms with Crippen LogP contribution >= 0.6 is 0 Å². The van der Waals surface area contributed by atoms with Crippen LogP contribution in [0.2, 0.25) is 0 Å². The number of rotatable bonds is 3. The summed E-state index contributed by atoms with van der Waals surface area (Å²) in [6, 6.07) is 19.8. The molecule has 1 aliphatic heterocycles. The van der Waals surface area contributed by atoms with E-state index in [4.69, 9.17) is 4.84 Å². The number of hydrogen-bond acceptors (Lipinski definition) is 3. The molecule has 1 aliphatic carbocycles. The molecule has 1 saturated heterocycles. The predicted molar refractivity (Wildman–Crippen MR) is 97.9 cm³/mol. The number of hydroxylamine groups is 2. The summed E-state index contributed by atoms with van der Waals surface area (Å²) in [6.07, 6.45) is 0.708. The molecule has 2 aromatic carbocycles. The van der Waals surface area contributed by atoms with Gasteiger partial charge >= 0.3 is 0 Å². The molecule has 2 aromatic rings. The van der Waals surface area contributed by atoms with Crippen LogP contribution in [-0.2, 0) is 21.0 Å². The minimum absolute atomic E-state index is 0.00157. The molecule has 0 radical (unpaired) electrons. The maximum atomic E-state index is 13.3. The van der Waals surface area contributed by atoms with Crippen molar-refractivity contribution in [2.24, 2.45) is 11.8 Å². The zero-order valence-electron chi connectivity index (χ0n) is 14.9. The van der Waals surface area contributed by atoms with Crippen LogP contribution < -0.4 is 0 Å². The first-order valence-corrected chi connectivity index (χ1v) is 9.22. The molecule has 2 aliphatic rings. The fourth-order valence-corrected chi connectivity index (χ4v) is 4.34. The second kappa shape index (κ2) is 7.04. The highest BCUT2D eigenvalue weighted by Gasteiger charge is 2.50. The van der Waals surface area contributed by atoms with Gasteiger partial charge in [0.1, 0.15) is 5.78 Å². The molecule has 4 rings (SSSR count). The third-order valence-corrected chi connectivity index (χ3v) is 5.63. The number of fused-ring (bicyclic) bond motifs is 1. The maximum absolute atomic E-state index is 13.3. The molecule has 2 fully saturated rings. The van der Waals surface area contributed by atoms with E-state index in [1.54, 1.807) is 0 Å². The summed E-state index contributed by atoms with van der Waals surface area (Å²) in [7, 11) is 0. The van der Waals surface area contributed by atoms with Crippen molar-refractivity contribution in [1.82, 2.24) is 5.06 Å². The minimum atomic E-state index is -0.206. The van der Waals surface area contributed by atoms with E-state index in [0.29, 0.717) is 19.4 Å². The molecule has 0 unspecified atom stereocenters. The second-order valence-electron chi connectivity index (χ2n) is 7.32. The maximum Gasteiger partial charge on any atom is 0.250 e. The standard InChI is InChI=1S/C22H23NO3/c1-15-19-12-18(24)13-20(17-10-6-3-7-11-17)21(19)22(25)23(26-15)14-16-8-4-2-5-9-16/h2-11,15,19-21H,12-14H2,1H3/t15-,19-,20-,21+/m0/s1. The van der Waals surface area contributed by atoms with Gasteiger partial charge in [-0.15, -0.1) is 0 Å². The van der Waals surface area contributed by atoms with E-state index in [1.165, 1.54) is 5.06 Å². The molecular weight excluding hydrogens is 326 g/mol. The average Bonchev–Trinajstić information content (AvgIpc) is 2.67. The van der Waals surface area contributed by atoms with Gasteiger partial charge in [-0.2, -0.15) is 0 Å². The van der Waals surface area contributed by atoms with Crippen LogP contribution in [0.25, 0.3) is 0 Å². The Morgan fingerprint density at radius 3 is 2.31 bits per heavy atom. The van der Waals surface area contributed by atoms with Crippen molar-refractivity contribution in [1.29, 1.82) is 0 Å². The predicted octanol–water partition coefficient (Wildman–Crippen LogP) is 3.73. The highest BCUT2D eigenvalue weighted by atomic mass is 16.7. The molecule has 4 atom stereocenters. The van der Waals surface area contributed by atoms with Gasteiger partial charge in [0, 0.05) is 24.7 Å². The van der Waals surface area contributed by atoms with Gasteiger partial charge in [0.05, 0.1) is 18.6 Å². The highest BCUT2D eigenvalue weighted by Crippen LogP contribution is 2.45. The van der Waals surface area contributed by atoms with E-state index in [2.05, 4.69) is 0 Å². The number of amides is 1. The van der Waals surface area contributed by atoms with Crippen LogP contribution in [0.1, 0.15) is 36.8 Å². The van der Waals surface area contributed by atoms with Crippen molar-refractivity contribution in [2.45, 2.75) is 38.3 Å². The minimum Gasteiger partial charge on any atom is -0.300 e. The summed E-state index contributed by atoms with van der Waals surface area (Å²) in [5, 5.41) is 1.51. The summed E-state index contributed by atoms with van der Waals surface area (Å²) in [5.74, 6) is -0.110. The van der Waals surface area contributed by atoms with Crippen LogP contribution in [0, 0.1) is 11.8 Å². The number of ketones is 1. The van der Waals surface area contributed by atoms with Crippen molar-refractivity contribution in [2.75, 3.05) is 0 Å². The molecule has 0 bridgehead atoms. The molecule has 26 heavy (non-hydrogen) atoms. The van der Waals surface area contributed by atoms with Crippen LogP contribution in [0.5, 0.6) is 0 Å². The fourth-order valence-electron chi connectivity index (χ4n) is 4.34. The van der Waals surface area contributed by atoms with Crippen molar-refractivity contribution < 1.29 is 14.4 Å². The van der Waals surface area contributed by atoms with Gasteiger partial charge in [0.15, 0.2) is 0 Å². The van der Waals surface area contributed by atoms with Crippen LogP contribution in [-0.4, -0.2) is 22.9 Å². The Morgan fingerprint density at radius 2 is 1.62 bits per heavy atom. The Hall–Kier alpha value is -2.46. The van der Waals surface area contributed by atoms with Gasteiger partial charge in [0.25, 0.3) is 5.91 Å². The number of carbonyl (C=O) groups excluding carboxylic acids is 2. The zero-order chi connectivity index (χ0) is 18.1. The molecule has 1 saturated carbocycles. The van der Waals surface area contributed by atoms with Crippen LogP contribution in [0.15, 0.2) is 60.7 Å². The lowest BCUT2D eigenvalue weighted by atomic mass is 9.66. The summed E-state index contributed by atoms with van der Waals surface area (Å²) in [4.78, 5) is 31.6. The van der Waals surface area contributed by atoms with Gasteiger partial charge in [-0.3, -0.25) is 14.4 Å². The molecule has 0 aromatic heterocycles. The number of carbonyl (C=O) groups is 2. The summed E-state index contributed by atoms with van der Waals surface area (Å²) in [6.45, 7) is 2.41. The first-order chi connectivity index (χ1) is 12.6. The zero-order valence-corrected chi connectivity index (χ0v) is 14.9. The third kappa shape index (κ3) is 3.17. The Labute approximate surface area is 153 Å². The van der Waals surface area contributed by atoms with E-state index in [9.17, 15) is 9.59 Å². The fraction of sp³-hybridized carbons (Fsp3) is 0.364. The Bertz CT molecular complexity index is 790. The van der Waals surface area contributed by atoms with Gasteiger partial charge in [-0.05, 0) is 18.1 Å². The molecule has 134 valence electrons. The normalized spacial score (nSPS) is 28.7. The molecule has 0 N–H and O–H groups in total. The van der Waals surface area contributed by atoms with Crippen molar-refractivity contribution >= 4 is 11.7 Å².